The van der Waals surface area contributed by atoms with Gasteiger partial charge >= 0.3 is 5.97 Å². The van der Waals surface area contributed by atoms with Crippen molar-refractivity contribution in [2.24, 2.45) is 0 Å². The van der Waals surface area contributed by atoms with Crippen LogP contribution in [0.5, 0.6) is 0 Å². The van der Waals surface area contributed by atoms with E-state index in [0.29, 0.717) is 12.2 Å². The molecule has 0 spiro atoms. The molecule has 2 rings (SSSR count). The van der Waals surface area contributed by atoms with Gasteiger partial charge in [0.15, 0.2) is 0 Å². The third kappa shape index (κ3) is 2.76. The summed E-state index contributed by atoms with van der Waals surface area (Å²) in [5, 5.41) is 8.94. The second-order valence-corrected chi connectivity index (χ2v) is 4.73. The molecule has 0 aliphatic carbocycles. The number of carboxylic acids is 1. The van der Waals surface area contributed by atoms with Crippen molar-refractivity contribution in [3.05, 3.63) is 35.4 Å². The Labute approximate surface area is 111 Å². The maximum Gasteiger partial charge on any atom is 0.335 e. The summed E-state index contributed by atoms with van der Waals surface area (Å²) in [6.45, 7) is 2.59. The molecule has 1 fully saturated rings. The van der Waals surface area contributed by atoms with Crippen LogP contribution in [0, 0.1) is 0 Å². The number of ether oxygens (including phenoxy) is 1. The Balaban J connectivity index is 2.19. The van der Waals surface area contributed by atoms with Gasteiger partial charge < -0.3 is 14.7 Å². The quantitative estimate of drug-likeness (QED) is 0.900. The molecule has 1 saturated heterocycles. The fourth-order valence-electron chi connectivity index (χ4n) is 2.37. The monoisotopic (exact) mass is 263 g/mol. The Kier molecular flexibility index (Phi) is 3.85. The minimum absolute atomic E-state index is 0.0107. The zero-order chi connectivity index (χ0) is 14.0. The lowest BCUT2D eigenvalue weighted by Gasteiger charge is -2.26. The van der Waals surface area contributed by atoms with Crippen LogP contribution in [0.4, 0.5) is 0 Å². The van der Waals surface area contributed by atoms with Crippen LogP contribution in [0.3, 0.4) is 0 Å². The van der Waals surface area contributed by atoms with Crippen LogP contribution in [0.15, 0.2) is 24.3 Å². The van der Waals surface area contributed by atoms with Crippen LogP contribution in [-0.2, 0) is 4.74 Å². The van der Waals surface area contributed by atoms with Gasteiger partial charge in [0.2, 0.25) is 0 Å². The number of hydrogen-bond acceptors (Lipinski definition) is 3. The summed E-state index contributed by atoms with van der Waals surface area (Å²) in [6, 6.07) is 6.13. The summed E-state index contributed by atoms with van der Waals surface area (Å²) >= 11 is 0. The fraction of sp³-hybridized carbons (Fsp3) is 0.429. The fourth-order valence-corrected chi connectivity index (χ4v) is 2.37. The van der Waals surface area contributed by atoms with E-state index in [4.69, 9.17) is 9.84 Å². The van der Waals surface area contributed by atoms with Gasteiger partial charge in [0.05, 0.1) is 17.7 Å². The Morgan fingerprint density at radius 2 is 2.05 bits per heavy atom. The molecule has 102 valence electrons. The molecule has 0 aromatic heterocycles. The molecule has 2 atom stereocenters. The summed E-state index contributed by atoms with van der Waals surface area (Å²) < 4.78 is 5.45. The van der Waals surface area contributed by atoms with Gasteiger partial charge in [-0.1, -0.05) is 6.07 Å². The van der Waals surface area contributed by atoms with Crippen LogP contribution in [0.1, 0.15) is 34.1 Å². The zero-order valence-corrected chi connectivity index (χ0v) is 11.0. The lowest BCUT2D eigenvalue weighted by atomic mass is 10.1. The number of carbonyl (C=O) groups excluding carboxylic acids is 1. The van der Waals surface area contributed by atoms with E-state index in [0.717, 1.165) is 6.42 Å². The number of rotatable bonds is 3. The number of hydrogen-bond donors (Lipinski definition) is 1. The molecule has 1 aromatic rings. The van der Waals surface area contributed by atoms with Gasteiger partial charge in [0.1, 0.15) is 0 Å². The number of amides is 1. The number of nitrogens with zero attached hydrogens (tertiary/aromatic N) is 1. The summed E-state index contributed by atoms with van der Waals surface area (Å²) in [5.41, 5.74) is 0.511. The number of carbonyl (C=O) groups is 2. The predicted octanol–water partition coefficient (Wildman–Crippen LogP) is 1.63. The van der Waals surface area contributed by atoms with Gasteiger partial charge in [-0.25, -0.2) is 4.79 Å². The van der Waals surface area contributed by atoms with Crippen LogP contribution in [0.25, 0.3) is 0 Å². The van der Waals surface area contributed by atoms with Gasteiger partial charge in [-0.15, -0.1) is 0 Å². The highest BCUT2D eigenvalue weighted by molar-refractivity contribution is 5.97. The average Bonchev–Trinajstić information content (AvgIpc) is 2.83. The molecule has 19 heavy (non-hydrogen) atoms. The van der Waals surface area contributed by atoms with E-state index in [9.17, 15) is 9.59 Å². The third-order valence-electron chi connectivity index (χ3n) is 3.51. The molecule has 0 bridgehead atoms. The normalized spacial score (nSPS) is 22.2. The zero-order valence-electron chi connectivity index (χ0n) is 11.0. The predicted molar refractivity (Wildman–Crippen MR) is 69.3 cm³/mol. The third-order valence-corrected chi connectivity index (χ3v) is 3.51. The van der Waals surface area contributed by atoms with Gasteiger partial charge in [0, 0.05) is 19.2 Å². The van der Waals surface area contributed by atoms with Crippen LogP contribution >= 0.6 is 0 Å². The van der Waals surface area contributed by atoms with Gasteiger partial charge in [-0.2, -0.15) is 0 Å². The first-order chi connectivity index (χ1) is 9.00. The minimum Gasteiger partial charge on any atom is -0.478 e. The Hall–Kier alpha value is -1.88. The van der Waals surface area contributed by atoms with Crippen molar-refractivity contribution in [1.82, 2.24) is 4.90 Å². The van der Waals surface area contributed by atoms with Crippen molar-refractivity contribution in [3.8, 4) is 0 Å². The van der Waals surface area contributed by atoms with Crippen LogP contribution in [0.2, 0.25) is 0 Å². The molecule has 1 N–H and O–H groups in total. The van der Waals surface area contributed by atoms with Gasteiger partial charge in [0.25, 0.3) is 5.91 Å². The highest BCUT2D eigenvalue weighted by atomic mass is 16.5. The highest BCUT2D eigenvalue weighted by Crippen LogP contribution is 2.20. The minimum atomic E-state index is -1.03. The molecule has 1 aliphatic rings. The van der Waals surface area contributed by atoms with Crippen molar-refractivity contribution in [2.75, 3.05) is 13.7 Å². The molecule has 1 amide bonds. The molecular formula is C14H17NO4. The molecule has 0 saturated carbocycles. The first-order valence-corrected chi connectivity index (χ1v) is 6.23. The first-order valence-electron chi connectivity index (χ1n) is 6.23. The largest absolute Gasteiger partial charge is 0.478 e. The molecule has 5 nitrogen and oxygen atoms in total. The van der Waals surface area contributed by atoms with Crippen LogP contribution in [-0.4, -0.2) is 47.7 Å². The Morgan fingerprint density at radius 1 is 1.37 bits per heavy atom. The van der Waals surface area contributed by atoms with Crippen molar-refractivity contribution < 1.29 is 19.4 Å². The topological polar surface area (TPSA) is 66.8 Å². The van der Waals surface area contributed by atoms with E-state index in [1.54, 1.807) is 24.1 Å². The first kappa shape index (κ1) is 13.5. The SMILES string of the molecule is CC1OCCC1N(C)C(=O)c1cccc(C(=O)O)c1. The number of benzene rings is 1. The Morgan fingerprint density at radius 3 is 2.63 bits per heavy atom. The number of carboxylic acid groups (broad SMARTS) is 1. The molecule has 0 radical (unpaired) electrons. The second-order valence-electron chi connectivity index (χ2n) is 4.73. The molecule has 1 aromatic carbocycles. The number of aromatic carboxylic acids is 1. The van der Waals surface area contributed by atoms with Gasteiger partial charge in [-0.3, -0.25) is 4.79 Å². The summed E-state index contributed by atoms with van der Waals surface area (Å²) in [4.78, 5) is 24.9. The maximum atomic E-state index is 12.3. The summed E-state index contributed by atoms with van der Waals surface area (Å²) in [5.74, 6) is -1.21. The summed E-state index contributed by atoms with van der Waals surface area (Å²) in [7, 11) is 1.73. The Bertz CT molecular complexity index is 500. The highest BCUT2D eigenvalue weighted by Gasteiger charge is 2.31. The van der Waals surface area contributed by atoms with Gasteiger partial charge in [-0.05, 0) is 31.5 Å². The smallest absolute Gasteiger partial charge is 0.335 e. The van der Waals surface area contributed by atoms with Crippen molar-refractivity contribution in [1.29, 1.82) is 0 Å². The van der Waals surface area contributed by atoms with Crippen LogP contribution < -0.4 is 0 Å². The standard InChI is InChI=1S/C14H17NO4/c1-9-12(6-7-19-9)15(2)13(16)10-4-3-5-11(8-10)14(17)18/h3-5,8-9,12H,6-7H2,1-2H3,(H,17,18). The van der Waals surface area contributed by atoms with E-state index in [2.05, 4.69) is 0 Å². The van der Waals surface area contributed by atoms with E-state index in [1.807, 2.05) is 6.92 Å². The van der Waals surface area contributed by atoms with E-state index in [-0.39, 0.29) is 23.6 Å². The summed E-state index contributed by atoms with van der Waals surface area (Å²) in [6.07, 6.45) is 0.818. The molecular weight excluding hydrogens is 246 g/mol. The second kappa shape index (κ2) is 5.40. The van der Waals surface area contributed by atoms with Crippen molar-refractivity contribution in [3.63, 3.8) is 0 Å². The maximum absolute atomic E-state index is 12.3. The molecule has 1 heterocycles. The number of likely N-dealkylation sites (N-methyl/N-ethyl adjacent to an activating group) is 1. The molecule has 2 unspecified atom stereocenters. The lowest BCUT2D eigenvalue weighted by Crippen LogP contribution is -2.41. The lowest BCUT2D eigenvalue weighted by molar-refractivity contribution is 0.0574. The molecule has 1 aliphatic heterocycles. The van der Waals surface area contributed by atoms with E-state index >= 15 is 0 Å². The molecule has 5 heteroatoms. The van der Waals surface area contributed by atoms with E-state index < -0.39 is 5.97 Å². The average molecular weight is 263 g/mol. The van der Waals surface area contributed by atoms with Crippen molar-refractivity contribution in [2.45, 2.75) is 25.5 Å². The van der Waals surface area contributed by atoms with Crippen molar-refractivity contribution >= 4 is 11.9 Å². The van der Waals surface area contributed by atoms with E-state index in [1.165, 1.54) is 12.1 Å².